The van der Waals surface area contributed by atoms with Gasteiger partial charge in [-0.1, -0.05) is 5.16 Å². The van der Waals surface area contributed by atoms with Gasteiger partial charge in [0.15, 0.2) is 5.82 Å². The van der Waals surface area contributed by atoms with Crippen LogP contribution >= 0.6 is 0 Å². The van der Waals surface area contributed by atoms with Gasteiger partial charge in [-0.15, -0.1) is 0 Å². The first kappa shape index (κ1) is 9.61. The molecule has 1 atom stereocenters. The summed E-state index contributed by atoms with van der Waals surface area (Å²) in [6, 6.07) is 0. The molecule has 1 heterocycles. The summed E-state index contributed by atoms with van der Waals surface area (Å²) < 4.78 is 5.03. The Morgan fingerprint density at radius 1 is 1.64 bits per heavy atom. The molecule has 0 saturated heterocycles. The van der Waals surface area contributed by atoms with Crippen molar-refractivity contribution in [2.24, 2.45) is 5.73 Å². The van der Waals surface area contributed by atoms with Crippen LogP contribution in [0.1, 0.15) is 37.4 Å². The minimum Gasteiger partial charge on any atom is -0.388 e. The van der Waals surface area contributed by atoms with E-state index >= 15 is 0 Å². The summed E-state index contributed by atoms with van der Waals surface area (Å²) in [5.41, 5.74) is 4.44. The molecule has 0 spiro atoms. The maximum absolute atomic E-state index is 9.69. The zero-order chi connectivity index (χ0) is 10.2. The summed E-state index contributed by atoms with van der Waals surface area (Å²) in [6.07, 6.45) is 2.61. The van der Waals surface area contributed by atoms with Crippen molar-refractivity contribution in [1.29, 1.82) is 0 Å². The maximum Gasteiger partial charge on any atom is 0.229 e. The molecule has 78 valence electrons. The molecule has 5 nitrogen and oxygen atoms in total. The molecule has 1 aliphatic rings. The third-order valence-corrected chi connectivity index (χ3v) is 2.40. The number of nitrogens with two attached hydrogens (primary N) is 1. The molecule has 0 aliphatic heterocycles. The molecule has 0 radical (unpaired) electrons. The molecule has 1 saturated carbocycles. The molecule has 1 aromatic rings. The van der Waals surface area contributed by atoms with Crippen LogP contribution in [0.15, 0.2) is 4.52 Å². The van der Waals surface area contributed by atoms with Crippen molar-refractivity contribution in [2.45, 2.75) is 37.7 Å². The number of rotatable bonds is 4. The fourth-order valence-electron chi connectivity index (χ4n) is 1.25. The lowest BCUT2D eigenvalue weighted by Crippen LogP contribution is -2.36. The minimum atomic E-state index is -0.951. The van der Waals surface area contributed by atoms with Crippen LogP contribution in [0.5, 0.6) is 0 Å². The van der Waals surface area contributed by atoms with Gasteiger partial charge in [0, 0.05) is 12.5 Å². The lowest BCUT2D eigenvalue weighted by Gasteiger charge is -2.17. The van der Waals surface area contributed by atoms with Crippen LogP contribution in [0.25, 0.3) is 0 Å². The zero-order valence-corrected chi connectivity index (χ0v) is 8.23. The van der Waals surface area contributed by atoms with Gasteiger partial charge >= 0.3 is 0 Å². The van der Waals surface area contributed by atoms with E-state index in [1.807, 2.05) is 0 Å². The van der Waals surface area contributed by atoms with Gasteiger partial charge in [0.1, 0.15) is 0 Å². The Hall–Kier alpha value is -0.940. The summed E-state index contributed by atoms with van der Waals surface area (Å²) in [5, 5.41) is 13.5. The topological polar surface area (TPSA) is 85.2 Å². The molecule has 3 N–H and O–H groups in total. The van der Waals surface area contributed by atoms with Crippen molar-refractivity contribution in [1.82, 2.24) is 10.1 Å². The van der Waals surface area contributed by atoms with Crippen LogP contribution in [0.3, 0.4) is 0 Å². The second-order valence-corrected chi connectivity index (χ2v) is 4.20. The van der Waals surface area contributed by atoms with Crippen molar-refractivity contribution < 1.29 is 9.63 Å². The molecule has 0 aromatic carbocycles. The Morgan fingerprint density at radius 3 is 2.93 bits per heavy atom. The predicted molar refractivity (Wildman–Crippen MR) is 49.7 cm³/mol. The van der Waals surface area contributed by atoms with Crippen LogP contribution in [-0.2, 0) is 6.42 Å². The number of aromatic nitrogens is 2. The first-order valence-corrected chi connectivity index (χ1v) is 4.86. The minimum absolute atomic E-state index is 0.189. The Morgan fingerprint density at radius 2 is 2.36 bits per heavy atom. The van der Waals surface area contributed by atoms with Crippen molar-refractivity contribution in [3.63, 3.8) is 0 Å². The first-order valence-electron chi connectivity index (χ1n) is 4.86. The molecule has 0 amide bonds. The molecule has 0 bridgehead atoms. The molecule has 2 rings (SSSR count). The Labute approximate surface area is 82.3 Å². The smallest absolute Gasteiger partial charge is 0.229 e. The number of nitrogens with zero attached hydrogens (tertiary/aromatic N) is 2. The summed E-state index contributed by atoms with van der Waals surface area (Å²) in [4.78, 5) is 4.21. The van der Waals surface area contributed by atoms with Gasteiger partial charge in [-0.25, -0.2) is 0 Å². The second kappa shape index (κ2) is 3.33. The average molecular weight is 197 g/mol. The van der Waals surface area contributed by atoms with Crippen LogP contribution in [0.4, 0.5) is 0 Å². The van der Waals surface area contributed by atoms with E-state index in [2.05, 4.69) is 10.1 Å². The van der Waals surface area contributed by atoms with Gasteiger partial charge in [-0.3, -0.25) is 0 Å². The third-order valence-electron chi connectivity index (χ3n) is 2.40. The summed E-state index contributed by atoms with van der Waals surface area (Å²) in [6.45, 7) is 1.85. The fourth-order valence-corrected chi connectivity index (χ4v) is 1.25. The van der Waals surface area contributed by atoms with Gasteiger partial charge in [0.2, 0.25) is 5.89 Å². The van der Waals surface area contributed by atoms with Crippen molar-refractivity contribution >= 4 is 0 Å². The second-order valence-electron chi connectivity index (χ2n) is 4.20. The quantitative estimate of drug-likeness (QED) is 0.720. The Bertz CT molecular complexity index is 318. The standard InChI is InChI=1S/C9H15N3O2/c1-9(13,5-10)4-7-11-8(12-14-7)6-2-3-6/h6,13H,2-5,10H2,1H3. The van der Waals surface area contributed by atoms with Crippen molar-refractivity contribution in [2.75, 3.05) is 6.54 Å². The van der Waals surface area contributed by atoms with Crippen LogP contribution in [-0.4, -0.2) is 27.4 Å². The molecular weight excluding hydrogens is 182 g/mol. The van der Waals surface area contributed by atoms with E-state index in [1.54, 1.807) is 6.92 Å². The summed E-state index contributed by atoms with van der Waals surface area (Å²) >= 11 is 0. The third kappa shape index (κ3) is 2.10. The normalized spacial score (nSPS) is 20.8. The van der Waals surface area contributed by atoms with Crippen LogP contribution in [0.2, 0.25) is 0 Å². The van der Waals surface area contributed by atoms with E-state index in [0.29, 0.717) is 18.2 Å². The fraction of sp³-hybridized carbons (Fsp3) is 0.778. The number of aliphatic hydroxyl groups is 1. The average Bonchev–Trinajstić information content (AvgIpc) is 2.89. The highest BCUT2D eigenvalue weighted by atomic mass is 16.5. The van der Waals surface area contributed by atoms with Gasteiger partial charge in [0.25, 0.3) is 0 Å². The van der Waals surface area contributed by atoms with E-state index in [9.17, 15) is 5.11 Å². The Balaban J connectivity index is 2.02. The monoisotopic (exact) mass is 197 g/mol. The van der Waals surface area contributed by atoms with E-state index in [-0.39, 0.29) is 6.54 Å². The molecular formula is C9H15N3O2. The molecule has 1 unspecified atom stereocenters. The first-order chi connectivity index (χ1) is 6.61. The van der Waals surface area contributed by atoms with E-state index < -0.39 is 5.60 Å². The van der Waals surface area contributed by atoms with Crippen LogP contribution in [0, 0.1) is 0 Å². The van der Waals surface area contributed by atoms with E-state index in [1.165, 1.54) is 0 Å². The largest absolute Gasteiger partial charge is 0.388 e. The Kier molecular flexibility index (Phi) is 2.28. The van der Waals surface area contributed by atoms with Crippen molar-refractivity contribution in [3.05, 3.63) is 11.7 Å². The van der Waals surface area contributed by atoms with Gasteiger partial charge in [-0.2, -0.15) is 4.98 Å². The van der Waals surface area contributed by atoms with Crippen LogP contribution < -0.4 is 5.73 Å². The number of hydrogen-bond acceptors (Lipinski definition) is 5. The van der Waals surface area contributed by atoms with E-state index in [4.69, 9.17) is 10.3 Å². The molecule has 1 aliphatic carbocycles. The molecule has 1 fully saturated rings. The SMILES string of the molecule is CC(O)(CN)Cc1nc(C2CC2)no1. The van der Waals surface area contributed by atoms with Gasteiger partial charge in [0.05, 0.1) is 12.0 Å². The van der Waals surface area contributed by atoms with Crippen molar-refractivity contribution in [3.8, 4) is 0 Å². The highest BCUT2D eigenvalue weighted by Gasteiger charge is 2.30. The van der Waals surface area contributed by atoms with E-state index in [0.717, 1.165) is 18.7 Å². The van der Waals surface area contributed by atoms with Gasteiger partial charge < -0.3 is 15.4 Å². The zero-order valence-electron chi connectivity index (χ0n) is 8.23. The highest BCUT2D eigenvalue weighted by Crippen LogP contribution is 2.38. The number of hydrogen-bond donors (Lipinski definition) is 2. The predicted octanol–water partition coefficient (Wildman–Crippen LogP) is 0.199. The lowest BCUT2D eigenvalue weighted by molar-refractivity contribution is 0.0610. The molecule has 1 aromatic heterocycles. The molecule has 5 heteroatoms. The highest BCUT2D eigenvalue weighted by molar-refractivity contribution is 5.04. The van der Waals surface area contributed by atoms with Gasteiger partial charge in [-0.05, 0) is 19.8 Å². The summed E-state index contributed by atoms with van der Waals surface area (Å²) in [5.74, 6) is 1.73. The lowest BCUT2D eigenvalue weighted by atomic mass is 10.0. The summed E-state index contributed by atoms with van der Waals surface area (Å²) in [7, 11) is 0. The molecule has 14 heavy (non-hydrogen) atoms. The maximum atomic E-state index is 9.69.